The number of anilines is 1. The number of ether oxygens (including phenoxy) is 1. The lowest BCUT2D eigenvalue weighted by atomic mass is 9.85. The standard InChI is InChI=1S/C33H32N2O4S/c1-17-13-18(2)27-25(14-17)40-32(34-27)35-28(20-7-10-23(11-8-20)33(4,5)6)26(30(37)31(35)38)29(36)21-9-12-24-22(16-21)15-19(3)39-24/h7-14,16,19,28,36H,15H2,1-6H3/b29-26+/t19-,28+/m0/s1. The van der Waals surface area contributed by atoms with Gasteiger partial charge < -0.3 is 9.84 Å². The molecule has 40 heavy (non-hydrogen) atoms. The van der Waals surface area contributed by atoms with Gasteiger partial charge in [0.2, 0.25) is 0 Å². The molecule has 0 bridgehead atoms. The molecule has 0 spiro atoms. The molecule has 7 heteroatoms. The summed E-state index contributed by atoms with van der Waals surface area (Å²) in [6.45, 7) is 12.4. The van der Waals surface area contributed by atoms with Gasteiger partial charge >= 0.3 is 5.91 Å². The van der Waals surface area contributed by atoms with E-state index in [0.717, 1.165) is 43.8 Å². The number of carbonyl (C=O) groups is 2. The molecule has 1 N–H and O–H groups in total. The van der Waals surface area contributed by atoms with Crippen LogP contribution in [0.25, 0.3) is 16.0 Å². The number of ketones is 1. The normalized spacial score (nSPS) is 20.3. The van der Waals surface area contributed by atoms with Crippen LogP contribution in [-0.2, 0) is 21.4 Å². The van der Waals surface area contributed by atoms with Crippen molar-refractivity contribution in [3.05, 3.63) is 93.6 Å². The first-order valence-corrected chi connectivity index (χ1v) is 14.3. The Morgan fingerprint density at radius 3 is 2.48 bits per heavy atom. The van der Waals surface area contributed by atoms with Gasteiger partial charge in [0.25, 0.3) is 5.78 Å². The van der Waals surface area contributed by atoms with E-state index in [1.165, 1.54) is 16.2 Å². The van der Waals surface area contributed by atoms with Gasteiger partial charge in [0, 0.05) is 12.0 Å². The number of aliphatic hydroxyl groups excluding tert-OH is 1. The molecular formula is C33H32N2O4S. The van der Waals surface area contributed by atoms with Crippen LogP contribution in [0.4, 0.5) is 5.13 Å². The summed E-state index contributed by atoms with van der Waals surface area (Å²) in [4.78, 5) is 33.7. The molecule has 6 nitrogen and oxygen atoms in total. The molecule has 3 heterocycles. The molecule has 0 aliphatic carbocycles. The molecule has 1 saturated heterocycles. The zero-order valence-electron chi connectivity index (χ0n) is 23.5. The number of nitrogens with zero attached hydrogens (tertiary/aromatic N) is 2. The van der Waals surface area contributed by atoms with Crippen molar-refractivity contribution in [1.82, 2.24) is 4.98 Å². The summed E-state index contributed by atoms with van der Waals surface area (Å²) in [5, 5.41) is 12.1. The Morgan fingerprint density at radius 2 is 1.77 bits per heavy atom. The van der Waals surface area contributed by atoms with Gasteiger partial charge in [0.05, 0.1) is 21.8 Å². The first-order valence-electron chi connectivity index (χ1n) is 13.5. The summed E-state index contributed by atoms with van der Waals surface area (Å²) in [6, 6.07) is 16.6. The first-order chi connectivity index (χ1) is 18.9. The zero-order valence-corrected chi connectivity index (χ0v) is 24.3. The summed E-state index contributed by atoms with van der Waals surface area (Å²) in [5.74, 6) is -0.835. The fraction of sp³-hybridized carbons (Fsp3) is 0.303. The second kappa shape index (κ2) is 9.30. The quantitative estimate of drug-likeness (QED) is 0.166. The first kappa shape index (κ1) is 26.3. The predicted molar refractivity (Wildman–Crippen MR) is 159 cm³/mol. The minimum absolute atomic E-state index is 0.0467. The van der Waals surface area contributed by atoms with E-state index in [4.69, 9.17) is 9.72 Å². The average molecular weight is 553 g/mol. The van der Waals surface area contributed by atoms with Gasteiger partial charge in [-0.1, -0.05) is 62.4 Å². The second-order valence-corrected chi connectivity index (χ2v) is 12.9. The van der Waals surface area contributed by atoms with Crippen molar-refractivity contribution in [2.45, 2.75) is 65.5 Å². The monoisotopic (exact) mass is 552 g/mol. The van der Waals surface area contributed by atoms with Gasteiger partial charge in [-0.2, -0.15) is 0 Å². The van der Waals surface area contributed by atoms with E-state index in [0.29, 0.717) is 17.1 Å². The molecule has 1 amide bonds. The van der Waals surface area contributed by atoms with Crippen LogP contribution in [0.5, 0.6) is 5.75 Å². The lowest BCUT2D eigenvalue weighted by Crippen LogP contribution is -2.29. The van der Waals surface area contributed by atoms with E-state index >= 15 is 0 Å². The molecule has 204 valence electrons. The van der Waals surface area contributed by atoms with Gasteiger partial charge in [-0.3, -0.25) is 14.5 Å². The molecular weight excluding hydrogens is 520 g/mol. The molecule has 3 aromatic carbocycles. The lowest BCUT2D eigenvalue weighted by molar-refractivity contribution is -0.132. The highest BCUT2D eigenvalue weighted by Crippen LogP contribution is 2.45. The van der Waals surface area contributed by atoms with Crippen LogP contribution in [0.3, 0.4) is 0 Å². The maximum Gasteiger partial charge on any atom is 0.301 e. The van der Waals surface area contributed by atoms with Crippen LogP contribution >= 0.6 is 11.3 Å². The molecule has 6 rings (SSSR count). The van der Waals surface area contributed by atoms with E-state index in [2.05, 4.69) is 26.8 Å². The highest BCUT2D eigenvalue weighted by Gasteiger charge is 2.48. The number of carbonyl (C=O) groups excluding carboxylic acids is 2. The number of amides is 1. The number of aryl methyl sites for hydroxylation is 2. The molecule has 0 saturated carbocycles. The Kier molecular flexibility index (Phi) is 6.11. The maximum atomic E-state index is 13.7. The average Bonchev–Trinajstić information content (AvgIpc) is 3.56. The van der Waals surface area contributed by atoms with Crippen molar-refractivity contribution in [2.24, 2.45) is 0 Å². The van der Waals surface area contributed by atoms with Gasteiger partial charge in [-0.05, 0) is 78.3 Å². The maximum absolute atomic E-state index is 13.7. The number of fused-ring (bicyclic) bond motifs is 2. The third kappa shape index (κ3) is 4.29. The number of hydrogen-bond acceptors (Lipinski definition) is 6. The van der Waals surface area contributed by atoms with E-state index in [1.54, 1.807) is 6.07 Å². The van der Waals surface area contributed by atoms with Crippen molar-refractivity contribution in [3.63, 3.8) is 0 Å². The molecule has 2 aliphatic rings. The number of aliphatic hydroxyl groups is 1. The van der Waals surface area contributed by atoms with Gasteiger partial charge in [-0.15, -0.1) is 0 Å². The fourth-order valence-corrected chi connectivity index (χ4v) is 6.87. The number of Topliss-reactive ketones (excluding diaryl/α,β-unsaturated/α-hetero) is 1. The summed E-state index contributed by atoms with van der Waals surface area (Å²) in [7, 11) is 0. The second-order valence-electron chi connectivity index (χ2n) is 11.9. The number of rotatable bonds is 3. The van der Waals surface area contributed by atoms with E-state index in [9.17, 15) is 14.7 Å². The molecule has 0 unspecified atom stereocenters. The molecule has 4 aromatic rings. The van der Waals surface area contributed by atoms with Gasteiger partial charge in [0.15, 0.2) is 5.13 Å². The molecule has 1 fully saturated rings. The van der Waals surface area contributed by atoms with E-state index in [1.807, 2.05) is 63.2 Å². The molecule has 0 radical (unpaired) electrons. The lowest BCUT2D eigenvalue weighted by Gasteiger charge is -2.24. The smallest absolute Gasteiger partial charge is 0.301 e. The summed E-state index contributed by atoms with van der Waals surface area (Å²) in [6.07, 6.45) is 0.762. The fourth-order valence-electron chi connectivity index (χ4n) is 5.70. The largest absolute Gasteiger partial charge is 0.507 e. The molecule has 2 aliphatic heterocycles. The Bertz CT molecular complexity index is 1730. The van der Waals surface area contributed by atoms with Crippen LogP contribution in [0.15, 0.2) is 60.2 Å². The molecule has 1 aromatic heterocycles. The van der Waals surface area contributed by atoms with Crippen LogP contribution in [0, 0.1) is 13.8 Å². The minimum atomic E-state index is -0.820. The summed E-state index contributed by atoms with van der Waals surface area (Å²) in [5.41, 5.74) is 6.24. The Morgan fingerprint density at radius 1 is 1.05 bits per heavy atom. The van der Waals surface area contributed by atoms with E-state index < -0.39 is 17.7 Å². The van der Waals surface area contributed by atoms with Crippen LogP contribution in [0.1, 0.15) is 67.1 Å². The van der Waals surface area contributed by atoms with Gasteiger partial charge in [0.1, 0.15) is 17.6 Å². The third-order valence-electron chi connectivity index (χ3n) is 7.73. The van der Waals surface area contributed by atoms with Gasteiger partial charge in [-0.25, -0.2) is 4.98 Å². The van der Waals surface area contributed by atoms with Crippen LogP contribution in [-0.4, -0.2) is 27.9 Å². The number of hydrogen-bond donors (Lipinski definition) is 1. The van der Waals surface area contributed by atoms with Crippen LogP contribution < -0.4 is 9.64 Å². The van der Waals surface area contributed by atoms with Crippen molar-refractivity contribution < 1.29 is 19.4 Å². The minimum Gasteiger partial charge on any atom is -0.507 e. The van der Waals surface area contributed by atoms with Crippen molar-refractivity contribution in [3.8, 4) is 5.75 Å². The van der Waals surface area contributed by atoms with Crippen molar-refractivity contribution in [1.29, 1.82) is 0 Å². The summed E-state index contributed by atoms with van der Waals surface area (Å²) < 4.78 is 6.77. The summed E-state index contributed by atoms with van der Waals surface area (Å²) >= 11 is 1.38. The Labute approximate surface area is 237 Å². The SMILES string of the molecule is Cc1cc(C)c2nc(N3C(=O)C(=O)/C(=C(/O)c4ccc5c(c4)C[C@H](C)O5)[C@H]3c3ccc(C(C)(C)C)cc3)sc2c1. The third-order valence-corrected chi connectivity index (χ3v) is 8.73. The highest BCUT2D eigenvalue weighted by molar-refractivity contribution is 7.22. The van der Waals surface area contributed by atoms with E-state index in [-0.39, 0.29) is 22.9 Å². The number of thiazole rings is 1. The zero-order chi connectivity index (χ0) is 28.5. The van der Waals surface area contributed by atoms with Crippen molar-refractivity contribution in [2.75, 3.05) is 4.90 Å². The molecule has 2 atom stereocenters. The van der Waals surface area contributed by atoms with Crippen molar-refractivity contribution >= 4 is 44.1 Å². The Balaban J connectivity index is 1.54. The number of benzene rings is 3. The topological polar surface area (TPSA) is 79.7 Å². The highest BCUT2D eigenvalue weighted by atomic mass is 32.1. The number of aromatic nitrogens is 1. The van der Waals surface area contributed by atoms with Crippen LogP contribution in [0.2, 0.25) is 0 Å². The Hall–Kier alpha value is -3.97. The predicted octanol–water partition coefficient (Wildman–Crippen LogP) is 7.16.